The minimum Gasteiger partial charge on any atom is -0.388 e. The van der Waals surface area contributed by atoms with E-state index < -0.39 is 17.8 Å². The van der Waals surface area contributed by atoms with Gasteiger partial charge in [-0.2, -0.15) is 4.98 Å². The van der Waals surface area contributed by atoms with Crippen LogP contribution < -0.4 is 10.9 Å². The Morgan fingerprint density at radius 3 is 2.76 bits per heavy atom. The largest absolute Gasteiger partial charge is 0.388 e. The number of carbonyl (C=O) groups excluding carboxylic acids is 1. The van der Waals surface area contributed by atoms with E-state index in [2.05, 4.69) is 21.0 Å². The Kier molecular flexibility index (Phi) is 5.00. The first-order valence-corrected chi connectivity index (χ1v) is 7.49. The maximum absolute atomic E-state index is 13.1. The van der Waals surface area contributed by atoms with Crippen molar-refractivity contribution in [3.05, 3.63) is 66.0 Å². The molecule has 0 saturated carbocycles. The number of aliphatic hydroxyl groups is 1. The smallest absolute Gasteiger partial charge is 0.340 e. The van der Waals surface area contributed by atoms with Gasteiger partial charge in [0.25, 0.3) is 0 Å². The van der Waals surface area contributed by atoms with Crippen LogP contribution in [0.2, 0.25) is 0 Å². The second kappa shape index (κ2) is 7.54. The normalized spacial score (nSPS) is 11.8. The van der Waals surface area contributed by atoms with Gasteiger partial charge in [0.15, 0.2) is 0 Å². The molecular weight excluding hydrogens is 327 g/mol. The third-order valence-corrected chi connectivity index (χ3v) is 3.38. The molecule has 3 rings (SSSR count). The Morgan fingerprint density at radius 2 is 2.00 bits per heavy atom. The van der Waals surface area contributed by atoms with E-state index in [1.165, 1.54) is 18.2 Å². The first-order valence-electron chi connectivity index (χ1n) is 7.49. The molecule has 8 heteroatoms. The van der Waals surface area contributed by atoms with E-state index in [0.29, 0.717) is 11.4 Å². The van der Waals surface area contributed by atoms with Gasteiger partial charge in [-0.05, 0) is 17.7 Å². The fraction of sp³-hybridized carbons (Fsp3) is 0.118. The van der Waals surface area contributed by atoms with E-state index in [1.54, 1.807) is 6.07 Å². The van der Waals surface area contributed by atoms with Gasteiger partial charge in [-0.1, -0.05) is 47.6 Å². The predicted molar refractivity (Wildman–Crippen MR) is 87.5 cm³/mol. The third kappa shape index (κ3) is 4.39. The second-order valence-corrected chi connectivity index (χ2v) is 5.24. The summed E-state index contributed by atoms with van der Waals surface area (Å²) in [5, 5.41) is 13.8. The molecule has 1 heterocycles. The van der Waals surface area contributed by atoms with Gasteiger partial charge in [-0.3, -0.25) is 10.2 Å². The molecule has 0 fully saturated rings. The van der Waals surface area contributed by atoms with E-state index in [4.69, 9.17) is 4.52 Å². The van der Waals surface area contributed by atoms with Gasteiger partial charge in [0.05, 0.1) is 12.5 Å². The molecule has 25 heavy (non-hydrogen) atoms. The Labute approximate surface area is 142 Å². The molecule has 3 aromatic rings. The van der Waals surface area contributed by atoms with Crippen LogP contribution in [0, 0.1) is 5.82 Å². The van der Waals surface area contributed by atoms with E-state index in [0.717, 1.165) is 5.56 Å². The molecule has 1 atom stereocenters. The number of aromatic nitrogens is 2. The number of benzene rings is 2. The first-order chi connectivity index (χ1) is 12.1. The zero-order chi connectivity index (χ0) is 17.6. The van der Waals surface area contributed by atoms with Crippen LogP contribution >= 0.6 is 0 Å². The van der Waals surface area contributed by atoms with E-state index in [-0.39, 0.29) is 12.4 Å². The first kappa shape index (κ1) is 16.6. The molecule has 0 aliphatic rings. The fourth-order valence-corrected chi connectivity index (χ4v) is 2.16. The average molecular weight is 342 g/mol. The lowest BCUT2D eigenvalue weighted by molar-refractivity contribution is -0.122. The molecule has 0 aliphatic carbocycles. The van der Waals surface area contributed by atoms with Gasteiger partial charge in [0, 0.05) is 5.56 Å². The Hall–Kier alpha value is -3.26. The quantitative estimate of drug-likeness (QED) is 0.595. The number of anilines is 1. The monoisotopic (exact) mass is 342 g/mol. The summed E-state index contributed by atoms with van der Waals surface area (Å²) in [6, 6.07) is 14.6. The van der Waals surface area contributed by atoms with Crippen LogP contribution in [0.25, 0.3) is 11.4 Å². The summed E-state index contributed by atoms with van der Waals surface area (Å²) in [5.41, 5.74) is 5.91. The highest BCUT2D eigenvalue weighted by Gasteiger charge is 2.14. The molecule has 1 amide bonds. The standard InChI is InChI=1S/C17H15FN4O3/c18-13-8-4-7-12(9-13)14(23)10-15(24)20-21-17-19-16(22-25-17)11-5-2-1-3-6-11/h1-9,14,23H,10H2,(H,20,24)(H,19,21,22). The molecule has 1 aromatic heterocycles. The molecule has 128 valence electrons. The highest BCUT2D eigenvalue weighted by molar-refractivity contribution is 5.77. The Morgan fingerprint density at radius 1 is 1.20 bits per heavy atom. The summed E-state index contributed by atoms with van der Waals surface area (Å²) < 4.78 is 18.1. The van der Waals surface area contributed by atoms with Crippen LogP contribution in [0.1, 0.15) is 18.1 Å². The maximum Gasteiger partial charge on any atom is 0.340 e. The number of halogens is 1. The van der Waals surface area contributed by atoms with Crippen molar-refractivity contribution < 1.29 is 18.8 Å². The lowest BCUT2D eigenvalue weighted by Gasteiger charge is -2.11. The molecular formula is C17H15FN4O3. The SMILES string of the molecule is O=C(CC(O)c1cccc(F)c1)NNc1nc(-c2ccccc2)no1. The van der Waals surface area contributed by atoms with Crippen LogP contribution in [0.5, 0.6) is 0 Å². The lowest BCUT2D eigenvalue weighted by atomic mass is 10.1. The number of rotatable bonds is 6. The summed E-state index contributed by atoms with van der Waals surface area (Å²) in [5.74, 6) is -0.622. The number of nitrogens with zero attached hydrogens (tertiary/aromatic N) is 2. The van der Waals surface area contributed by atoms with Crippen molar-refractivity contribution in [2.24, 2.45) is 0 Å². The summed E-state index contributed by atoms with van der Waals surface area (Å²) in [6.45, 7) is 0. The van der Waals surface area contributed by atoms with Gasteiger partial charge >= 0.3 is 6.01 Å². The third-order valence-electron chi connectivity index (χ3n) is 3.38. The number of aliphatic hydroxyl groups excluding tert-OH is 1. The van der Waals surface area contributed by atoms with Crippen molar-refractivity contribution in [3.8, 4) is 11.4 Å². The second-order valence-electron chi connectivity index (χ2n) is 5.24. The summed E-state index contributed by atoms with van der Waals surface area (Å²) in [4.78, 5) is 15.9. The molecule has 3 N–H and O–H groups in total. The molecule has 0 spiro atoms. The van der Waals surface area contributed by atoms with Crippen molar-refractivity contribution in [3.63, 3.8) is 0 Å². The number of hydrazine groups is 1. The molecule has 0 aliphatic heterocycles. The lowest BCUT2D eigenvalue weighted by Crippen LogP contribution is -2.30. The van der Waals surface area contributed by atoms with Crippen molar-refractivity contribution in [1.82, 2.24) is 15.6 Å². The summed E-state index contributed by atoms with van der Waals surface area (Å²) in [6.07, 6.45) is -1.38. The fourth-order valence-electron chi connectivity index (χ4n) is 2.16. The zero-order valence-electron chi connectivity index (χ0n) is 13.0. The maximum atomic E-state index is 13.1. The number of hydrogen-bond donors (Lipinski definition) is 3. The number of nitrogens with one attached hydrogen (secondary N) is 2. The molecule has 0 bridgehead atoms. The highest BCUT2D eigenvalue weighted by Crippen LogP contribution is 2.18. The summed E-state index contributed by atoms with van der Waals surface area (Å²) >= 11 is 0. The number of hydrogen-bond acceptors (Lipinski definition) is 6. The van der Waals surface area contributed by atoms with Crippen molar-refractivity contribution in [1.29, 1.82) is 0 Å². The summed E-state index contributed by atoms with van der Waals surface area (Å²) in [7, 11) is 0. The van der Waals surface area contributed by atoms with Crippen LogP contribution in [-0.2, 0) is 4.79 Å². The highest BCUT2D eigenvalue weighted by atomic mass is 19.1. The van der Waals surface area contributed by atoms with Gasteiger partial charge in [0.1, 0.15) is 5.82 Å². The minimum absolute atomic E-state index is 0.00690. The van der Waals surface area contributed by atoms with E-state index >= 15 is 0 Å². The Bertz CT molecular complexity index is 854. The van der Waals surface area contributed by atoms with Crippen LogP contribution in [0.3, 0.4) is 0 Å². The topological polar surface area (TPSA) is 100 Å². The van der Waals surface area contributed by atoms with Crippen molar-refractivity contribution >= 4 is 11.9 Å². The van der Waals surface area contributed by atoms with Gasteiger partial charge in [0.2, 0.25) is 11.7 Å². The number of carbonyl (C=O) groups is 1. The molecule has 1 unspecified atom stereocenters. The Balaban J connectivity index is 1.53. The van der Waals surface area contributed by atoms with E-state index in [1.807, 2.05) is 30.3 Å². The van der Waals surface area contributed by atoms with Crippen molar-refractivity contribution in [2.75, 3.05) is 5.43 Å². The van der Waals surface area contributed by atoms with Crippen molar-refractivity contribution in [2.45, 2.75) is 12.5 Å². The van der Waals surface area contributed by atoms with Gasteiger partial charge in [-0.25, -0.2) is 9.82 Å². The van der Waals surface area contributed by atoms with Crippen LogP contribution in [0.4, 0.5) is 10.4 Å². The number of amides is 1. The van der Waals surface area contributed by atoms with E-state index in [9.17, 15) is 14.3 Å². The van der Waals surface area contributed by atoms with Crippen LogP contribution in [-0.4, -0.2) is 21.2 Å². The average Bonchev–Trinajstić information content (AvgIpc) is 3.10. The molecule has 0 saturated heterocycles. The molecule has 7 nitrogen and oxygen atoms in total. The molecule has 0 radical (unpaired) electrons. The molecule has 2 aromatic carbocycles. The van der Waals surface area contributed by atoms with Gasteiger partial charge in [-0.15, -0.1) is 0 Å². The van der Waals surface area contributed by atoms with Crippen LogP contribution in [0.15, 0.2) is 59.1 Å². The minimum atomic E-state index is -1.12. The van der Waals surface area contributed by atoms with Gasteiger partial charge < -0.3 is 9.63 Å². The zero-order valence-corrected chi connectivity index (χ0v) is 13.0. The predicted octanol–water partition coefficient (Wildman–Crippen LogP) is 2.44.